The fourth-order valence-corrected chi connectivity index (χ4v) is 1.43. The van der Waals surface area contributed by atoms with Crippen LogP contribution < -0.4 is 5.32 Å². The van der Waals surface area contributed by atoms with E-state index in [1.807, 2.05) is 13.0 Å². The first-order valence-electron chi connectivity index (χ1n) is 3.96. The topological polar surface area (TPSA) is 37.8 Å². The van der Waals surface area contributed by atoms with Crippen LogP contribution >= 0.6 is 23.4 Å². The number of hydrogen-bond acceptors (Lipinski definition) is 4. The summed E-state index contributed by atoms with van der Waals surface area (Å²) in [6.45, 7) is 2.79. The first-order chi connectivity index (χ1) is 6.22. The molecule has 1 rings (SSSR count). The lowest BCUT2D eigenvalue weighted by atomic mass is 10.4. The van der Waals surface area contributed by atoms with Crippen molar-refractivity contribution < 1.29 is 0 Å². The van der Waals surface area contributed by atoms with E-state index in [9.17, 15) is 0 Å². The van der Waals surface area contributed by atoms with Crippen molar-refractivity contribution in [3.63, 3.8) is 0 Å². The Morgan fingerprint density at radius 2 is 2.31 bits per heavy atom. The third kappa shape index (κ3) is 3.83. The lowest BCUT2D eigenvalue weighted by Crippen LogP contribution is -2.06. The highest BCUT2D eigenvalue weighted by Crippen LogP contribution is 2.09. The fourth-order valence-electron chi connectivity index (χ4n) is 0.904. The Labute approximate surface area is 87.3 Å². The van der Waals surface area contributed by atoms with Crippen LogP contribution in [-0.2, 0) is 0 Å². The zero-order chi connectivity index (χ0) is 9.68. The SMILES string of the molecule is CSCCNc1cc(C)nc(Cl)n1. The van der Waals surface area contributed by atoms with Gasteiger partial charge in [0.25, 0.3) is 0 Å². The summed E-state index contributed by atoms with van der Waals surface area (Å²) in [6, 6.07) is 1.88. The van der Waals surface area contributed by atoms with Crippen LogP contribution in [0, 0.1) is 6.92 Å². The maximum Gasteiger partial charge on any atom is 0.224 e. The number of aromatic nitrogens is 2. The second-order valence-corrected chi connectivity index (χ2v) is 3.91. The van der Waals surface area contributed by atoms with Gasteiger partial charge in [-0.1, -0.05) is 0 Å². The van der Waals surface area contributed by atoms with E-state index in [-0.39, 0.29) is 0 Å². The molecule has 5 heteroatoms. The number of thioether (sulfide) groups is 1. The van der Waals surface area contributed by atoms with Crippen molar-refractivity contribution in [1.29, 1.82) is 0 Å². The largest absolute Gasteiger partial charge is 0.369 e. The van der Waals surface area contributed by atoms with Crippen LogP contribution in [0.5, 0.6) is 0 Å². The first-order valence-corrected chi connectivity index (χ1v) is 5.73. The third-order valence-corrected chi connectivity index (χ3v) is 2.22. The van der Waals surface area contributed by atoms with Crippen molar-refractivity contribution in [2.24, 2.45) is 0 Å². The number of anilines is 1. The maximum absolute atomic E-state index is 5.70. The van der Waals surface area contributed by atoms with Gasteiger partial charge in [0.2, 0.25) is 5.28 Å². The van der Waals surface area contributed by atoms with Crippen molar-refractivity contribution in [2.45, 2.75) is 6.92 Å². The molecule has 0 bridgehead atoms. The summed E-state index contributed by atoms with van der Waals surface area (Å²) in [6.07, 6.45) is 2.07. The molecule has 72 valence electrons. The second kappa shape index (κ2) is 5.29. The molecule has 0 atom stereocenters. The molecule has 0 fully saturated rings. The quantitative estimate of drug-likeness (QED) is 0.620. The summed E-state index contributed by atoms with van der Waals surface area (Å²) in [5.41, 5.74) is 0.881. The predicted molar refractivity (Wildman–Crippen MR) is 58.7 cm³/mol. The zero-order valence-electron chi connectivity index (χ0n) is 7.67. The molecule has 1 N–H and O–H groups in total. The molecule has 0 aliphatic carbocycles. The van der Waals surface area contributed by atoms with E-state index >= 15 is 0 Å². The maximum atomic E-state index is 5.70. The van der Waals surface area contributed by atoms with E-state index in [2.05, 4.69) is 21.5 Å². The summed E-state index contributed by atoms with van der Waals surface area (Å²) < 4.78 is 0. The summed E-state index contributed by atoms with van der Waals surface area (Å²) in [5, 5.41) is 3.47. The van der Waals surface area contributed by atoms with Crippen LogP contribution in [0.1, 0.15) is 5.69 Å². The van der Waals surface area contributed by atoms with Gasteiger partial charge in [-0.05, 0) is 24.8 Å². The van der Waals surface area contributed by atoms with Crippen molar-refractivity contribution >= 4 is 29.2 Å². The van der Waals surface area contributed by atoms with Gasteiger partial charge in [0.15, 0.2) is 0 Å². The molecule has 0 aromatic carbocycles. The van der Waals surface area contributed by atoms with Crippen molar-refractivity contribution in [2.75, 3.05) is 23.9 Å². The van der Waals surface area contributed by atoms with E-state index in [1.165, 1.54) is 0 Å². The Bertz CT molecular complexity index is 260. The van der Waals surface area contributed by atoms with Gasteiger partial charge in [-0.15, -0.1) is 0 Å². The van der Waals surface area contributed by atoms with Gasteiger partial charge in [0.1, 0.15) is 5.82 Å². The Balaban J connectivity index is 2.56. The number of rotatable bonds is 4. The van der Waals surface area contributed by atoms with Crippen molar-refractivity contribution in [3.8, 4) is 0 Å². The monoisotopic (exact) mass is 217 g/mol. The molecule has 1 aromatic rings. The summed E-state index contributed by atoms with van der Waals surface area (Å²) in [5.74, 6) is 1.85. The lowest BCUT2D eigenvalue weighted by Gasteiger charge is -2.04. The minimum atomic E-state index is 0.298. The molecule has 0 aliphatic rings. The van der Waals surface area contributed by atoms with Gasteiger partial charge < -0.3 is 5.32 Å². The van der Waals surface area contributed by atoms with E-state index in [0.29, 0.717) is 5.28 Å². The van der Waals surface area contributed by atoms with Crippen LogP contribution in [0.3, 0.4) is 0 Å². The average Bonchev–Trinajstić information content (AvgIpc) is 2.03. The summed E-state index contributed by atoms with van der Waals surface area (Å²) in [4.78, 5) is 8.01. The van der Waals surface area contributed by atoms with Crippen LogP contribution in [-0.4, -0.2) is 28.5 Å². The zero-order valence-corrected chi connectivity index (χ0v) is 9.24. The molecule has 13 heavy (non-hydrogen) atoms. The summed E-state index contributed by atoms with van der Waals surface area (Å²) >= 11 is 7.49. The molecule has 0 radical (unpaired) electrons. The van der Waals surface area contributed by atoms with Gasteiger partial charge in [-0.3, -0.25) is 0 Å². The minimum Gasteiger partial charge on any atom is -0.369 e. The van der Waals surface area contributed by atoms with E-state index in [0.717, 1.165) is 23.8 Å². The van der Waals surface area contributed by atoms with E-state index in [1.54, 1.807) is 11.8 Å². The Morgan fingerprint density at radius 1 is 1.54 bits per heavy atom. The third-order valence-electron chi connectivity index (χ3n) is 1.44. The van der Waals surface area contributed by atoms with Gasteiger partial charge in [0.05, 0.1) is 0 Å². The van der Waals surface area contributed by atoms with Gasteiger partial charge in [-0.25, -0.2) is 9.97 Å². The minimum absolute atomic E-state index is 0.298. The normalized spacial score (nSPS) is 10.1. The highest BCUT2D eigenvalue weighted by atomic mass is 35.5. The van der Waals surface area contributed by atoms with Crippen LogP contribution in [0.15, 0.2) is 6.07 Å². The lowest BCUT2D eigenvalue weighted by molar-refractivity contribution is 1.08. The molecule has 0 aliphatic heterocycles. The Morgan fingerprint density at radius 3 is 2.92 bits per heavy atom. The Kier molecular flexibility index (Phi) is 4.32. The molecule has 1 aromatic heterocycles. The van der Waals surface area contributed by atoms with Gasteiger partial charge >= 0.3 is 0 Å². The predicted octanol–water partition coefficient (Wildman–Crippen LogP) is 2.21. The smallest absolute Gasteiger partial charge is 0.224 e. The Hall–Kier alpha value is -0.480. The first kappa shape index (κ1) is 10.6. The molecule has 0 saturated carbocycles. The van der Waals surface area contributed by atoms with Crippen molar-refractivity contribution in [3.05, 3.63) is 17.0 Å². The molecule has 3 nitrogen and oxygen atoms in total. The summed E-state index contributed by atoms with van der Waals surface area (Å²) in [7, 11) is 0. The van der Waals surface area contributed by atoms with Gasteiger partial charge in [-0.2, -0.15) is 11.8 Å². The molecule has 0 saturated heterocycles. The number of hydrogen-bond donors (Lipinski definition) is 1. The fraction of sp³-hybridized carbons (Fsp3) is 0.500. The molecular formula is C8H12ClN3S. The number of nitrogens with zero attached hydrogens (tertiary/aromatic N) is 2. The van der Waals surface area contributed by atoms with Crippen molar-refractivity contribution in [1.82, 2.24) is 9.97 Å². The highest BCUT2D eigenvalue weighted by molar-refractivity contribution is 7.98. The van der Waals surface area contributed by atoms with E-state index in [4.69, 9.17) is 11.6 Å². The molecule has 0 amide bonds. The number of halogens is 1. The number of aryl methyl sites for hydroxylation is 1. The van der Waals surface area contributed by atoms with Gasteiger partial charge in [0, 0.05) is 24.1 Å². The van der Waals surface area contributed by atoms with Crippen LogP contribution in [0.4, 0.5) is 5.82 Å². The molecule has 0 spiro atoms. The standard InChI is InChI=1S/C8H12ClN3S/c1-6-5-7(10-3-4-13-2)12-8(9)11-6/h5H,3-4H2,1-2H3,(H,10,11,12). The molecular weight excluding hydrogens is 206 g/mol. The molecule has 1 heterocycles. The highest BCUT2D eigenvalue weighted by Gasteiger charge is 1.98. The number of nitrogens with one attached hydrogen (secondary N) is 1. The van der Waals surface area contributed by atoms with Crippen LogP contribution in [0.2, 0.25) is 5.28 Å². The molecule has 0 unspecified atom stereocenters. The van der Waals surface area contributed by atoms with E-state index < -0.39 is 0 Å². The average molecular weight is 218 g/mol. The second-order valence-electron chi connectivity index (χ2n) is 2.58. The van der Waals surface area contributed by atoms with Crippen LogP contribution in [0.25, 0.3) is 0 Å².